The number of aliphatic hydroxyl groups excluding tert-OH is 2. The summed E-state index contributed by atoms with van der Waals surface area (Å²) in [6, 6.07) is 10.7. The van der Waals surface area contributed by atoms with Gasteiger partial charge in [0, 0.05) is 41.0 Å². The van der Waals surface area contributed by atoms with E-state index in [1.807, 2.05) is 0 Å². The molecule has 36 heavy (non-hydrogen) atoms. The molecule has 4 N–H and O–H groups in total. The number of fused-ring (bicyclic) bond motifs is 1. The molecule has 1 aromatic heterocycles. The lowest BCUT2D eigenvalue weighted by molar-refractivity contribution is 0.0970. The Morgan fingerprint density at radius 2 is 1.86 bits per heavy atom. The molecule has 0 saturated carbocycles. The molecule has 0 fully saturated rings. The maximum atomic E-state index is 14.5. The van der Waals surface area contributed by atoms with Gasteiger partial charge in [-0.3, -0.25) is 4.79 Å². The van der Waals surface area contributed by atoms with E-state index < -0.39 is 30.1 Å². The largest absolute Gasteiger partial charge is 0.497 e. The molecule has 188 valence electrons. The molecule has 0 saturated heterocycles. The molecule has 4 rings (SSSR count). The van der Waals surface area contributed by atoms with Crippen LogP contribution in [0.1, 0.15) is 33.1 Å². The number of H-pyrrole nitrogens is 1. The van der Waals surface area contributed by atoms with Gasteiger partial charge in [0.2, 0.25) is 0 Å². The van der Waals surface area contributed by atoms with Crippen molar-refractivity contribution in [2.75, 3.05) is 25.6 Å². The van der Waals surface area contributed by atoms with Crippen LogP contribution in [-0.2, 0) is 6.61 Å². The van der Waals surface area contributed by atoms with Crippen LogP contribution >= 0.6 is 0 Å². The third-order valence-corrected chi connectivity index (χ3v) is 5.79. The second kappa shape index (κ2) is 10.8. The zero-order valence-electron chi connectivity index (χ0n) is 19.8. The van der Waals surface area contributed by atoms with Gasteiger partial charge in [-0.2, -0.15) is 0 Å². The van der Waals surface area contributed by atoms with Gasteiger partial charge in [-0.25, -0.2) is 8.78 Å². The van der Waals surface area contributed by atoms with Gasteiger partial charge in [0.25, 0.3) is 0 Å². The number of aromatic amines is 1. The fraction of sp³-hybridized carbons (Fsp3) is 0.222. The summed E-state index contributed by atoms with van der Waals surface area (Å²) in [5, 5.41) is 22.6. The summed E-state index contributed by atoms with van der Waals surface area (Å²) in [5.41, 5.74) is 2.10. The highest BCUT2D eigenvalue weighted by Crippen LogP contribution is 2.34. The Kier molecular flexibility index (Phi) is 7.52. The van der Waals surface area contributed by atoms with Gasteiger partial charge in [0.05, 0.1) is 25.8 Å². The van der Waals surface area contributed by atoms with Crippen molar-refractivity contribution >= 4 is 22.4 Å². The summed E-state index contributed by atoms with van der Waals surface area (Å²) >= 11 is 0. The van der Waals surface area contributed by atoms with E-state index in [1.54, 1.807) is 31.2 Å². The minimum Gasteiger partial charge on any atom is -0.497 e. The number of ether oxygens (including phenoxy) is 2. The summed E-state index contributed by atoms with van der Waals surface area (Å²) in [6.45, 7) is 1.10. The molecule has 1 unspecified atom stereocenters. The van der Waals surface area contributed by atoms with Crippen molar-refractivity contribution in [2.24, 2.45) is 0 Å². The average molecular weight is 497 g/mol. The highest BCUT2D eigenvalue weighted by Gasteiger charge is 2.28. The van der Waals surface area contributed by atoms with E-state index in [4.69, 9.17) is 14.6 Å². The predicted molar refractivity (Wildman–Crippen MR) is 132 cm³/mol. The van der Waals surface area contributed by atoms with Crippen LogP contribution < -0.4 is 14.8 Å². The Balaban J connectivity index is 1.83. The number of nitrogens with one attached hydrogen (secondary N) is 2. The van der Waals surface area contributed by atoms with Gasteiger partial charge in [0.15, 0.2) is 5.78 Å². The van der Waals surface area contributed by atoms with E-state index in [1.165, 1.54) is 31.5 Å². The van der Waals surface area contributed by atoms with Crippen molar-refractivity contribution in [1.29, 1.82) is 0 Å². The quantitative estimate of drug-likeness (QED) is 0.238. The lowest BCUT2D eigenvalue weighted by Crippen LogP contribution is -2.23. The standard InChI is InChI=1S/C27H26F2N2O5/c1-15-7-22-23(13-30-25(22)24(29)8-15)27(34)26(21-4-3-17(28)9-16(21)14-33)31-18-10-19(35-2)12-20(11-18)36-6-5-32/h3-4,7-13,26,30-33H,5-6,14H2,1-2H3. The molecule has 0 aliphatic heterocycles. The maximum Gasteiger partial charge on any atom is 0.191 e. The van der Waals surface area contributed by atoms with Gasteiger partial charge in [-0.05, 0) is 47.9 Å². The molecule has 3 aromatic carbocycles. The number of rotatable bonds is 10. The smallest absolute Gasteiger partial charge is 0.191 e. The van der Waals surface area contributed by atoms with Crippen LogP contribution in [0.15, 0.2) is 54.7 Å². The van der Waals surface area contributed by atoms with Crippen molar-refractivity contribution < 1.29 is 33.3 Å². The van der Waals surface area contributed by atoms with Gasteiger partial charge < -0.3 is 30.0 Å². The number of carbonyl (C=O) groups is 1. The number of anilines is 1. The number of hydrogen-bond donors (Lipinski definition) is 4. The number of hydrogen-bond acceptors (Lipinski definition) is 6. The SMILES string of the molecule is COc1cc(NC(C(=O)c2c[nH]c3c(F)cc(C)cc23)c2ccc(F)cc2CO)cc(OCCO)c1. The monoisotopic (exact) mass is 496 g/mol. The van der Waals surface area contributed by atoms with E-state index in [0.717, 1.165) is 6.07 Å². The zero-order chi connectivity index (χ0) is 25.8. The number of ketones is 1. The second-order valence-electron chi connectivity index (χ2n) is 8.28. The fourth-order valence-electron chi connectivity index (χ4n) is 4.15. The zero-order valence-corrected chi connectivity index (χ0v) is 19.8. The van der Waals surface area contributed by atoms with Gasteiger partial charge in [0.1, 0.15) is 35.8 Å². The molecule has 9 heteroatoms. The number of carbonyl (C=O) groups excluding carboxylic acids is 1. The molecule has 0 bridgehead atoms. The number of halogens is 2. The molecule has 0 aliphatic rings. The first-order valence-electron chi connectivity index (χ1n) is 11.2. The molecular formula is C27H26F2N2O5. The van der Waals surface area contributed by atoms with Crippen molar-refractivity contribution in [2.45, 2.75) is 19.6 Å². The Bertz CT molecular complexity index is 1400. The Morgan fingerprint density at radius 1 is 1.08 bits per heavy atom. The van der Waals surface area contributed by atoms with Gasteiger partial charge >= 0.3 is 0 Å². The number of benzene rings is 3. The predicted octanol–water partition coefficient (Wildman–Crippen LogP) is 4.66. The number of Topliss-reactive ketones (excluding diaryl/α,β-unsaturated/α-hetero) is 1. The van der Waals surface area contributed by atoms with Crippen LogP contribution in [0.3, 0.4) is 0 Å². The lowest BCUT2D eigenvalue weighted by atomic mass is 9.92. The molecule has 0 spiro atoms. The number of aromatic nitrogens is 1. The third-order valence-electron chi connectivity index (χ3n) is 5.79. The summed E-state index contributed by atoms with van der Waals surface area (Å²) in [4.78, 5) is 16.8. The van der Waals surface area contributed by atoms with Gasteiger partial charge in [-0.1, -0.05) is 6.07 Å². The molecule has 0 aliphatic carbocycles. The number of aliphatic hydroxyl groups is 2. The van der Waals surface area contributed by atoms with E-state index in [-0.39, 0.29) is 29.9 Å². The molecule has 1 heterocycles. The van der Waals surface area contributed by atoms with E-state index in [0.29, 0.717) is 33.7 Å². The van der Waals surface area contributed by atoms with E-state index >= 15 is 0 Å². The number of aryl methyl sites for hydroxylation is 1. The van der Waals surface area contributed by atoms with Crippen LogP contribution in [0.5, 0.6) is 11.5 Å². The molecule has 1 atom stereocenters. The maximum absolute atomic E-state index is 14.5. The highest BCUT2D eigenvalue weighted by molar-refractivity contribution is 6.11. The first kappa shape index (κ1) is 25.2. The van der Waals surface area contributed by atoms with Crippen LogP contribution in [-0.4, -0.2) is 41.3 Å². The first-order chi connectivity index (χ1) is 17.3. The summed E-state index contributed by atoms with van der Waals surface area (Å²) in [5.74, 6) is -0.633. The van der Waals surface area contributed by atoms with Crippen LogP contribution in [0, 0.1) is 18.6 Å². The normalized spacial score (nSPS) is 11.9. The van der Waals surface area contributed by atoms with Crippen molar-refractivity contribution in [3.8, 4) is 11.5 Å². The molecule has 4 aromatic rings. The van der Waals surface area contributed by atoms with Crippen LogP contribution in [0.25, 0.3) is 10.9 Å². The fourth-order valence-corrected chi connectivity index (χ4v) is 4.15. The lowest BCUT2D eigenvalue weighted by Gasteiger charge is -2.22. The van der Waals surface area contributed by atoms with Gasteiger partial charge in [-0.15, -0.1) is 0 Å². The second-order valence-corrected chi connectivity index (χ2v) is 8.28. The van der Waals surface area contributed by atoms with E-state index in [2.05, 4.69) is 10.3 Å². The van der Waals surface area contributed by atoms with Crippen LogP contribution in [0.4, 0.5) is 14.5 Å². The molecule has 0 radical (unpaired) electrons. The molecule has 7 nitrogen and oxygen atoms in total. The Labute approximate surface area is 206 Å². The summed E-state index contributed by atoms with van der Waals surface area (Å²) in [6.07, 6.45) is 1.44. The highest BCUT2D eigenvalue weighted by atomic mass is 19.1. The van der Waals surface area contributed by atoms with Crippen molar-refractivity contribution in [3.63, 3.8) is 0 Å². The first-order valence-corrected chi connectivity index (χ1v) is 11.2. The van der Waals surface area contributed by atoms with Crippen molar-refractivity contribution in [3.05, 3.63) is 88.6 Å². The summed E-state index contributed by atoms with van der Waals surface area (Å²) < 4.78 is 39.3. The van der Waals surface area contributed by atoms with Crippen LogP contribution in [0.2, 0.25) is 0 Å². The Morgan fingerprint density at radius 3 is 2.58 bits per heavy atom. The minimum atomic E-state index is -1.08. The van der Waals surface area contributed by atoms with Crippen molar-refractivity contribution in [1.82, 2.24) is 4.98 Å². The summed E-state index contributed by atoms with van der Waals surface area (Å²) in [7, 11) is 1.48. The molecule has 0 amide bonds. The van der Waals surface area contributed by atoms with E-state index in [9.17, 15) is 18.7 Å². The minimum absolute atomic E-state index is 0.0574. The Hall–Kier alpha value is -3.95. The topological polar surface area (TPSA) is 104 Å². The third kappa shape index (κ3) is 5.17. The number of methoxy groups -OCH3 is 1. The average Bonchev–Trinajstić information content (AvgIpc) is 3.29. The molecular weight excluding hydrogens is 470 g/mol.